The largest absolute Gasteiger partial charge is 0.377 e. The molecule has 6 heteroatoms. The van der Waals surface area contributed by atoms with Crippen LogP contribution in [0.15, 0.2) is 30.6 Å². The van der Waals surface area contributed by atoms with Crippen LogP contribution in [0.1, 0.15) is 35.8 Å². The van der Waals surface area contributed by atoms with Crippen LogP contribution in [-0.4, -0.2) is 22.7 Å². The number of hydrogen-bond acceptors (Lipinski definition) is 3. The van der Waals surface area contributed by atoms with Gasteiger partial charge in [-0.2, -0.15) is 5.10 Å². The van der Waals surface area contributed by atoms with Crippen LogP contribution in [0.4, 0.5) is 5.69 Å². The molecule has 2 rings (SSSR count). The summed E-state index contributed by atoms with van der Waals surface area (Å²) in [5, 5.41) is 10.8. The number of benzene rings is 1. The van der Waals surface area contributed by atoms with Gasteiger partial charge in [0.05, 0.1) is 22.9 Å². The zero-order valence-corrected chi connectivity index (χ0v) is 13.1. The van der Waals surface area contributed by atoms with Gasteiger partial charge in [-0.15, -0.1) is 0 Å². The molecule has 0 bridgehead atoms. The maximum Gasteiger partial charge on any atom is 0.251 e. The molecule has 0 radical (unpaired) electrons. The molecule has 0 saturated carbocycles. The molecule has 5 nitrogen and oxygen atoms in total. The average Bonchev–Trinajstić information content (AvgIpc) is 2.97. The van der Waals surface area contributed by atoms with E-state index in [4.69, 9.17) is 11.6 Å². The predicted molar refractivity (Wildman–Crippen MR) is 84.8 cm³/mol. The van der Waals surface area contributed by atoms with Crippen molar-refractivity contribution in [1.82, 2.24) is 15.1 Å². The van der Waals surface area contributed by atoms with Crippen LogP contribution in [0.5, 0.6) is 0 Å². The number of carbonyl (C=O) groups is 1. The summed E-state index contributed by atoms with van der Waals surface area (Å²) in [6.45, 7) is 4.90. The molecule has 0 aliphatic rings. The van der Waals surface area contributed by atoms with Crippen LogP contribution >= 0.6 is 11.6 Å². The van der Waals surface area contributed by atoms with Crippen LogP contribution in [0, 0.1) is 0 Å². The van der Waals surface area contributed by atoms with Crippen molar-refractivity contribution in [3.05, 3.63) is 46.7 Å². The molecular weight excluding hydrogens is 288 g/mol. The van der Waals surface area contributed by atoms with Crippen LogP contribution in [0.3, 0.4) is 0 Å². The van der Waals surface area contributed by atoms with Crippen molar-refractivity contribution in [2.75, 3.05) is 12.4 Å². The van der Waals surface area contributed by atoms with Gasteiger partial charge in [0.1, 0.15) is 0 Å². The molecule has 1 aromatic carbocycles. The minimum absolute atomic E-state index is 0.0442. The maximum absolute atomic E-state index is 11.7. The molecule has 112 valence electrons. The second-order valence-electron chi connectivity index (χ2n) is 4.77. The predicted octanol–water partition coefficient (Wildman–Crippen LogP) is 3.09. The lowest BCUT2D eigenvalue weighted by Gasteiger charge is -2.15. The summed E-state index contributed by atoms with van der Waals surface area (Å²) in [4.78, 5) is 11.7. The summed E-state index contributed by atoms with van der Waals surface area (Å²) in [5.41, 5.74) is 2.37. The number of amides is 1. The van der Waals surface area contributed by atoms with Gasteiger partial charge in [-0.05, 0) is 32.0 Å². The molecule has 0 aliphatic carbocycles. The highest BCUT2D eigenvalue weighted by atomic mass is 35.5. The maximum atomic E-state index is 11.7. The van der Waals surface area contributed by atoms with E-state index in [2.05, 4.69) is 15.7 Å². The van der Waals surface area contributed by atoms with Crippen molar-refractivity contribution in [1.29, 1.82) is 0 Å². The van der Waals surface area contributed by atoms with Crippen LogP contribution in [0.2, 0.25) is 5.02 Å². The molecule has 1 heterocycles. The zero-order valence-electron chi connectivity index (χ0n) is 12.4. The van der Waals surface area contributed by atoms with E-state index in [0.29, 0.717) is 10.6 Å². The number of nitrogens with one attached hydrogen (secondary N) is 2. The minimum Gasteiger partial charge on any atom is -0.377 e. The molecule has 0 fully saturated rings. The summed E-state index contributed by atoms with van der Waals surface area (Å²) in [6, 6.07) is 5.22. The second kappa shape index (κ2) is 6.63. The highest BCUT2D eigenvalue weighted by Gasteiger charge is 2.12. The highest BCUT2D eigenvalue weighted by Crippen LogP contribution is 2.27. The molecule has 1 atom stereocenters. The first kappa shape index (κ1) is 15.4. The third-order valence-corrected chi connectivity index (χ3v) is 3.63. The van der Waals surface area contributed by atoms with Gasteiger partial charge in [0.2, 0.25) is 0 Å². The number of carbonyl (C=O) groups excluding carboxylic acids is 1. The summed E-state index contributed by atoms with van der Waals surface area (Å²) in [7, 11) is 1.60. The lowest BCUT2D eigenvalue weighted by atomic mass is 10.1. The molecule has 21 heavy (non-hydrogen) atoms. The Morgan fingerprint density at radius 2 is 2.24 bits per heavy atom. The number of aromatic nitrogens is 2. The van der Waals surface area contributed by atoms with E-state index < -0.39 is 0 Å². The first-order chi connectivity index (χ1) is 10.0. The monoisotopic (exact) mass is 306 g/mol. The van der Waals surface area contributed by atoms with E-state index in [0.717, 1.165) is 17.8 Å². The molecule has 2 aromatic rings. The number of nitrogens with zero attached hydrogens (tertiary/aromatic N) is 2. The Labute approximate surface area is 129 Å². The first-order valence-corrected chi connectivity index (χ1v) is 7.23. The number of halogens is 1. The first-order valence-electron chi connectivity index (χ1n) is 6.85. The minimum atomic E-state index is -0.138. The molecule has 2 N–H and O–H groups in total. The zero-order chi connectivity index (χ0) is 15.4. The van der Waals surface area contributed by atoms with Gasteiger partial charge >= 0.3 is 0 Å². The smallest absolute Gasteiger partial charge is 0.251 e. The summed E-state index contributed by atoms with van der Waals surface area (Å²) < 4.78 is 1.87. The van der Waals surface area contributed by atoms with Gasteiger partial charge < -0.3 is 10.6 Å². The van der Waals surface area contributed by atoms with Crippen molar-refractivity contribution < 1.29 is 4.79 Å². The van der Waals surface area contributed by atoms with E-state index >= 15 is 0 Å². The van der Waals surface area contributed by atoms with Crippen molar-refractivity contribution in [3.63, 3.8) is 0 Å². The van der Waals surface area contributed by atoms with Gasteiger partial charge in [-0.3, -0.25) is 9.48 Å². The number of aryl methyl sites for hydroxylation is 1. The average molecular weight is 307 g/mol. The third-order valence-electron chi connectivity index (χ3n) is 3.30. The standard InChI is InChI=1S/C15H19ClN4O/c1-4-20-9-12(8-18-20)10(2)19-14-7-11(15(21)17-3)5-6-13(14)16/h5-10,19H,4H2,1-3H3,(H,17,21). The topological polar surface area (TPSA) is 59.0 Å². The molecule has 1 unspecified atom stereocenters. The molecular formula is C15H19ClN4O. The fraction of sp³-hybridized carbons (Fsp3) is 0.333. The Morgan fingerprint density at radius 3 is 2.86 bits per heavy atom. The van der Waals surface area contributed by atoms with E-state index in [1.54, 1.807) is 25.2 Å². The highest BCUT2D eigenvalue weighted by molar-refractivity contribution is 6.33. The van der Waals surface area contributed by atoms with Crippen molar-refractivity contribution in [3.8, 4) is 0 Å². The van der Waals surface area contributed by atoms with Gasteiger partial charge in [0.15, 0.2) is 0 Å². The number of anilines is 1. The Balaban J connectivity index is 2.19. The van der Waals surface area contributed by atoms with E-state index in [9.17, 15) is 4.79 Å². The molecule has 0 aliphatic heterocycles. The number of rotatable bonds is 5. The van der Waals surface area contributed by atoms with Gasteiger partial charge in [0, 0.05) is 30.9 Å². The van der Waals surface area contributed by atoms with Crippen molar-refractivity contribution in [2.24, 2.45) is 0 Å². The fourth-order valence-corrected chi connectivity index (χ4v) is 2.19. The quantitative estimate of drug-likeness (QED) is 0.892. The molecule has 1 aromatic heterocycles. The van der Waals surface area contributed by atoms with Crippen LogP contribution < -0.4 is 10.6 Å². The van der Waals surface area contributed by atoms with E-state index in [-0.39, 0.29) is 11.9 Å². The normalized spacial score (nSPS) is 12.0. The van der Waals surface area contributed by atoms with Crippen LogP contribution in [0.25, 0.3) is 0 Å². The van der Waals surface area contributed by atoms with Crippen molar-refractivity contribution >= 4 is 23.2 Å². The van der Waals surface area contributed by atoms with Gasteiger partial charge in [-0.1, -0.05) is 11.6 Å². The lowest BCUT2D eigenvalue weighted by molar-refractivity contribution is 0.0963. The van der Waals surface area contributed by atoms with E-state index in [1.807, 2.05) is 30.9 Å². The molecule has 1 amide bonds. The molecule has 0 saturated heterocycles. The number of hydrogen-bond donors (Lipinski definition) is 2. The van der Waals surface area contributed by atoms with E-state index in [1.165, 1.54) is 0 Å². The fourth-order valence-electron chi connectivity index (χ4n) is 2.01. The Morgan fingerprint density at radius 1 is 1.48 bits per heavy atom. The summed E-state index contributed by atoms with van der Waals surface area (Å²) in [5.74, 6) is -0.138. The SMILES string of the molecule is CCn1cc(C(C)Nc2cc(C(=O)NC)ccc2Cl)cn1. The van der Waals surface area contributed by atoms with Gasteiger partial charge in [0.25, 0.3) is 5.91 Å². The Hall–Kier alpha value is -2.01. The Kier molecular flexibility index (Phi) is 4.85. The van der Waals surface area contributed by atoms with Gasteiger partial charge in [-0.25, -0.2) is 0 Å². The van der Waals surface area contributed by atoms with Crippen molar-refractivity contribution in [2.45, 2.75) is 26.4 Å². The summed E-state index contributed by atoms with van der Waals surface area (Å²) in [6.07, 6.45) is 3.83. The Bertz CT molecular complexity index is 638. The van der Waals surface area contributed by atoms with Crippen LogP contribution in [-0.2, 0) is 6.54 Å². The third kappa shape index (κ3) is 3.55. The summed E-state index contributed by atoms with van der Waals surface area (Å²) >= 11 is 6.19. The lowest BCUT2D eigenvalue weighted by Crippen LogP contribution is -2.18. The second-order valence-corrected chi connectivity index (χ2v) is 5.18. The molecule has 0 spiro atoms.